The van der Waals surface area contributed by atoms with Crippen molar-refractivity contribution in [3.63, 3.8) is 0 Å². The highest BCUT2D eigenvalue weighted by molar-refractivity contribution is 7.93. The van der Waals surface area contributed by atoms with Crippen LogP contribution in [0.2, 0.25) is 0 Å². The molecule has 0 atom stereocenters. The second-order valence-corrected chi connectivity index (χ2v) is 11.2. The summed E-state index contributed by atoms with van der Waals surface area (Å²) in [6, 6.07) is 12.0. The number of carbonyl (C=O) groups excluding carboxylic acids is 1. The highest BCUT2D eigenvalue weighted by Crippen LogP contribution is 2.35. The highest BCUT2D eigenvalue weighted by Gasteiger charge is 2.33. The molecule has 4 rings (SSSR count). The lowest BCUT2D eigenvalue weighted by atomic mass is 10.0. The normalized spacial score (nSPS) is 13.7. The number of rotatable bonds is 6. The van der Waals surface area contributed by atoms with Crippen LogP contribution in [0, 0.1) is 11.6 Å². The number of fused-ring (bicyclic) bond motifs is 1. The summed E-state index contributed by atoms with van der Waals surface area (Å²) < 4.78 is 87.9. The number of carbonyl (C=O) groups is 1. The quantitative estimate of drug-likeness (QED) is 0.495. The summed E-state index contributed by atoms with van der Waals surface area (Å²) in [4.78, 5) is 11.2. The molecule has 3 aromatic carbocycles. The van der Waals surface area contributed by atoms with Crippen LogP contribution in [-0.4, -0.2) is 36.5 Å². The van der Waals surface area contributed by atoms with Crippen molar-refractivity contribution >= 4 is 37.4 Å². The number of methoxy groups -OCH3 is 1. The van der Waals surface area contributed by atoms with Crippen LogP contribution < -0.4 is 9.03 Å². The summed E-state index contributed by atoms with van der Waals surface area (Å²) in [5.74, 6) is -3.01. The van der Waals surface area contributed by atoms with Crippen LogP contribution in [0.25, 0.3) is 0 Å². The Morgan fingerprint density at radius 3 is 2.43 bits per heavy atom. The Bertz CT molecular complexity index is 1520. The zero-order valence-electron chi connectivity index (χ0n) is 18.4. The van der Waals surface area contributed by atoms with E-state index in [1.165, 1.54) is 36.4 Å². The van der Waals surface area contributed by atoms with E-state index in [1.54, 1.807) is 6.07 Å². The molecule has 1 N–H and O–H groups in total. The molecule has 12 heteroatoms. The first-order valence-electron chi connectivity index (χ1n) is 10.4. The van der Waals surface area contributed by atoms with Crippen molar-refractivity contribution in [2.45, 2.75) is 22.6 Å². The third-order valence-electron chi connectivity index (χ3n) is 5.46. The summed E-state index contributed by atoms with van der Waals surface area (Å²) in [5, 5.41) is 0. The minimum absolute atomic E-state index is 0.0178. The molecular formula is C23H20F2N2O6S2. The molecule has 0 bridgehead atoms. The Hall–Kier alpha value is -3.51. The van der Waals surface area contributed by atoms with Crippen LogP contribution in [0.1, 0.15) is 22.3 Å². The number of anilines is 2. The van der Waals surface area contributed by atoms with Crippen LogP contribution in [0.15, 0.2) is 70.5 Å². The minimum Gasteiger partial charge on any atom is -0.465 e. The summed E-state index contributed by atoms with van der Waals surface area (Å²) in [5.41, 5.74) is 0.712. The Morgan fingerprint density at radius 2 is 1.71 bits per heavy atom. The van der Waals surface area contributed by atoms with Gasteiger partial charge in [0.05, 0.1) is 24.0 Å². The molecule has 1 heterocycles. The molecular weight excluding hydrogens is 502 g/mol. The molecule has 0 saturated heterocycles. The van der Waals surface area contributed by atoms with Gasteiger partial charge in [0.2, 0.25) is 0 Å². The first-order valence-corrected chi connectivity index (χ1v) is 13.3. The van der Waals surface area contributed by atoms with Gasteiger partial charge in [-0.15, -0.1) is 0 Å². The predicted molar refractivity (Wildman–Crippen MR) is 124 cm³/mol. The predicted octanol–water partition coefficient (Wildman–Crippen LogP) is 3.69. The van der Waals surface area contributed by atoms with E-state index in [2.05, 4.69) is 4.72 Å². The van der Waals surface area contributed by atoms with Crippen LogP contribution in [-0.2, 0) is 31.2 Å². The van der Waals surface area contributed by atoms with Gasteiger partial charge in [0.15, 0.2) is 0 Å². The van der Waals surface area contributed by atoms with Gasteiger partial charge in [-0.25, -0.2) is 30.4 Å². The van der Waals surface area contributed by atoms with Crippen molar-refractivity contribution in [1.29, 1.82) is 0 Å². The largest absolute Gasteiger partial charge is 0.465 e. The summed E-state index contributed by atoms with van der Waals surface area (Å²) >= 11 is 0. The van der Waals surface area contributed by atoms with Gasteiger partial charge < -0.3 is 4.74 Å². The molecule has 35 heavy (non-hydrogen) atoms. The molecule has 0 unspecified atom stereocenters. The lowest BCUT2D eigenvalue weighted by molar-refractivity contribution is 0.0596. The average Bonchev–Trinajstić information content (AvgIpc) is 2.82. The van der Waals surface area contributed by atoms with Gasteiger partial charge in [-0.2, -0.15) is 0 Å². The Kier molecular flexibility index (Phi) is 6.52. The van der Waals surface area contributed by atoms with Crippen molar-refractivity contribution in [1.82, 2.24) is 0 Å². The molecule has 0 aromatic heterocycles. The monoisotopic (exact) mass is 522 g/mol. The smallest absolute Gasteiger partial charge is 0.339 e. The molecule has 0 aliphatic carbocycles. The molecule has 0 radical (unpaired) electrons. The topological polar surface area (TPSA) is 110 Å². The summed E-state index contributed by atoms with van der Waals surface area (Å²) in [6.07, 6.45) is 1.04. The number of sulfonamides is 2. The maximum absolute atomic E-state index is 14.1. The fourth-order valence-electron chi connectivity index (χ4n) is 3.85. The summed E-state index contributed by atoms with van der Waals surface area (Å²) in [7, 11) is -7.52. The lowest BCUT2D eigenvalue weighted by Crippen LogP contribution is -2.36. The molecule has 0 amide bonds. The Balaban J connectivity index is 1.75. The maximum Gasteiger partial charge on any atom is 0.339 e. The van der Waals surface area contributed by atoms with E-state index in [-0.39, 0.29) is 28.4 Å². The van der Waals surface area contributed by atoms with Crippen molar-refractivity contribution in [3.05, 3.63) is 83.4 Å². The number of benzene rings is 3. The maximum atomic E-state index is 14.1. The van der Waals surface area contributed by atoms with Crippen LogP contribution >= 0.6 is 0 Å². The van der Waals surface area contributed by atoms with E-state index in [1.807, 2.05) is 0 Å². The fourth-order valence-corrected chi connectivity index (χ4v) is 6.67. The first kappa shape index (κ1) is 24.6. The van der Waals surface area contributed by atoms with E-state index in [9.17, 15) is 30.4 Å². The van der Waals surface area contributed by atoms with Crippen molar-refractivity contribution in [3.8, 4) is 0 Å². The number of aryl methyl sites for hydroxylation is 1. The highest BCUT2D eigenvalue weighted by atomic mass is 32.2. The molecule has 0 spiro atoms. The minimum atomic E-state index is -4.43. The van der Waals surface area contributed by atoms with Gasteiger partial charge >= 0.3 is 5.97 Å². The summed E-state index contributed by atoms with van der Waals surface area (Å²) in [6.45, 7) is 0.0909. The molecule has 184 valence electrons. The third kappa shape index (κ3) is 4.71. The fraction of sp³-hybridized carbons (Fsp3) is 0.174. The average molecular weight is 523 g/mol. The third-order valence-corrected chi connectivity index (χ3v) is 8.74. The standard InChI is InChI=1S/C23H20F2N2O6S2/c1-33-23(28)18-6-2-3-7-21(18)35(31,32)27-12-4-5-15-8-10-17(14-20(15)27)26-34(29,30)22-11-9-16(24)13-19(22)25/h2-3,6-11,13-14,26H,4-5,12H2,1H3. The zero-order valence-corrected chi connectivity index (χ0v) is 20.0. The second-order valence-electron chi connectivity index (χ2n) is 7.69. The number of ether oxygens (including phenoxy) is 1. The van der Waals surface area contributed by atoms with E-state index in [4.69, 9.17) is 4.74 Å². The van der Waals surface area contributed by atoms with E-state index < -0.39 is 42.5 Å². The molecule has 3 aromatic rings. The Labute approximate surface area is 201 Å². The second kappa shape index (κ2) is 9.27. The van der Waals surface area contributed by atoms with E-state index in [0.29, 0.717) is 24.5 Å². The van der Waals surface area contributed by atoms with E-state index >= 15 is 0 Å². The first-order chi connectivity index (χ1) is 16.5. The number of hydrogen-bond donors (Lipinski definition) is 1. The van der Waals surface area contributed by atoms with Gasteiger partial charge in [-0.1, -0.05) is 18.2 Å². The number of halogens is 2. The molecule has 1 aliphatic heterocycles. The van der Waals surface area contributed by atoms with Crippen LogP contribution in [0.4, 0.5) is 20.2 Å². The van der Waals surface area contributed by atoms with Crippen molar-refractivity contribution in [2.75, 3.05) is 22.7 Å². The molecule has 0 fully saturated rings. The van der Waals surface area contributed by atoms with Gasteiger partial charge in [0.25, 0.3) is 20.0 Å². The zero-order chi connectivity index (χ0) is 25.4. The van der Waals surface area contributed by atoms with Gasteiger partial charge in [0.1, 0.15) is 21.4 Å². The number of nitrogens with one attached hydrogen (secondary N) is 1. The SMILES string of the molecule is COC(=O)c1ccccc1S(=O)(=O)N1CCCc2ccc(NS(=O)(=O)c3ccc(F)cc3F)cc21. The molecule has 1 aliphatic rings. The van der Waals surface area contributed by atoms with Crippen molar-refractivity contribution < 1.29 is 35.1 Å². The number of esters is 1. The Morgan fingerprint density at radius 1 is 0.971 bits per heavy atom. The number of hydrogen-bond acceptors (Lipinski definition) is 6. The van der Waals surface area contributed by atoms with Crippen LogP contribution in [0.3, 0.4) is 0 Å². The molecule has 8 nitrogen and oxygen atoms in total. The molecule has 0 saturated carbocycles. The van der Waals surface area contributed by atoms with Gasteiger partial charge in [0, 0.05) is 12.6 Å². The van der Waals surface area contributed by atoms with Gasteiger partial charge in [-0.3, -0.25) is 9.03 Å². The van der Waals surface area contributed by atoms with Crippen molar-refractivity contribution in [2.24, 2.45) is 0 Å². The van der Waals surface area contributed by atoms with Crippen LogP contribution in [0.5, 0.6) is 0 Å². The lowest BCUT2D eigenvalue weighted by Gasteiger charge is -2.31. The number of nitrogens with zero attached hydrogens (tertiary/aromatic N) is 1. The van der Waals surface area contributed by atoms with E-state index in [0.717, 1.165) is 23.5 Å². The van der Waals surface area contributed by atoms with Gasteiger partial charge in [-0.05, 0) is 54.8 Å².